The van der Waals surface area contributed by atoms with Crippen molar-refractivity contribution < 1.29 is 4.39 Å². The number of anilines is 2. The van der Waals surface area contributed by atoms with E-state index in [0.29, 0.717) is 11.6 Å². The maximum atomic E-state index is 13.9. The molecule has 2 N–H and O–H groups in total. The lowest BCUT2D eigenvalue weighted by atomic mass is 9.97. The zero-order valence-electron chi connectivity index (χ0n) is 16.2. The van der Waals surface area contributed by atoms with Crippen molar-refractivity contribution in [2.75, 3.05) is 49.5 Å². The predicted molar refractivity (Wildman–Crippen MR) is 110 cm³/mol. The number of benzene rings is 1. The van der Waals surface area contributed by atoms with Crippen LogP contribution in [-0.4, -0.2) is 54.1 Å². The highest BCUT2D eigenvalue weighted by Crippen LogP contribution is 2.20. The molecule has 2 heterocycles. The first kappa shape index (κ1) is 18.9. The summed E-state index contributed by atoms with van der Waals surface area (Å²) in [5.41, 5.74) is 2.54. The maximum absolute atomic E-state index is 13.9. The molecule has 2 aliphatic rings. The van der Waals surface area contributed by atoms with Crippen molar-refractivity contribution in [3.63, 3.8) is 0 Å². The monoisotopic (exact) mass is 385 g/mol. The highest BCUT2D eigenvalue weighted by atomic mass is 19.1. The Morgan fingerprint density at radius 3 is 2.71 bits per heavy atom. The Bertz CT molecular complexity index is 860. The molecule has 0 atom stereocenters. The van der Waals surface area contributed by atoms with Crippen LogP contribution in [0.5, 0.6) is 0 Å². The molecule has 6 nitrogen and oxygen atoms in total. The first-order valence-electron chi connectivity index (χ1n) is 10.3. The van der Waals surface area contributed by atoms with Gasteiger partial charge in [0.15, 0.2) is 0 Å². The second-order valence-corrected chi connectivity index (χ2v) is 7.61. The molecule has 28 heavy (non-hydrogen) atoms. The maximum Gasteiger partial charge on any atom is 0.255 e. The van der Waals surface area contributed by atoms with Crippen LogP contribution in [0.2, 0.25) is 0 Å². The van der Waals surface area contributed by atoms with Gasteiger partial charge in [0, 0.05) is 38.3 Å². The van der Waals surface area contributed by atoms with Gasteiger partial charge in [-0.3, -0.25) is 14.7 Å². The zero-order valence-corrected chi connectivity index (χ0v) is 16.2. The molecule has 0 bridgehead atoms. The Labute approximate surface area is 164 Å². The number of nitrogens with one attached hydrogen (secondary N) is 2. The number of nitrogens with zero attached hydrogens (tertiary/aromatic N) is 3. The number of hydrogen-bond acceptors (Lipinski definition) is 5. The quantitative estimate of drug-likeness (QED) is 0.748. The molecule has 1 aliphatic carbocycles. The van der Waals surface area contributed by atoms with E-state index in [4.69, 9.17) is 0 Å². The van der Waals surface area contributed by atoms with E-state index in [9.17, 15) is 9.18 Å². The number of hydrogen-bond donors (Lipinski definition) is 2. The van der Waals surface area contributed by atoms with Crippen LogP contribution in [0.4, 0.5) is 16.0 Å². The Morgan fingerprint density at radius 2 is 1.89 bits per heavy atom. The van der Waals surface area contributed by atoms with E-state index in [1.165, 1.54) is 6.07 Å². The fourth-order valence-corrected chi connectivity index (χ4v) is 4.12. The third kappa shape index (κ3) is 4.35. The highest BCUT2D eigenvalue weighted by molar-refractivity contribution is 5.48. The largest absolute Gasteiger partial charge is 0.367 e. The van der Waals surface area contributed by atoms with Crippen molar-refractivity contribution in [3.8, 4) is 0 Å². The normalized spacial score (nSPS) is 17.4. The molecule has 1 fully saturated rings. The molecule has 1 aromatic heterocycles. The highest BCUT2D eigenvalue weighted by Gasteiger charge is 2.19. The number of para-hydroxylation sites is 1. The molecule has 0 unspecified atom stereocenters. The lowest BCUT2D eigenvalue weighted by Crippen LogP contribution is -2.47. The van der Waals surface area contributed by atoms with Gasteiger partial charge in [0.2, 0.25) is 5.95 Å². The van der Waals surface area contributed by atoms with E-state index in [1.54, 1.807) is 6.07 Å². The van der Waals surface area contributed by atoms with Gasteiger partial charge in [0.1, 0.15) is 5.82 Å². The molecule has 4 rings (SSSR count). The minimum atomic E-state index is -0.147. The zero-order chi connectivity index (χ0) is 19.3. The van der Waals surface area contributed by atoms with Gasteiger partial charge < -0.3 is 10.2 Å². The van der Waals surface area contributed by atoms with Crippen LogP contribution < -0.4 is 15.8 Å². The van der Waals surface area contributed by atoms with Gasteiger partial charge in [-0.1, -0.05) is 12.1 Å². The summed E-state index contributed by atoms with van der Waals surface area (Å²) in [4.78, 5) is 24.1. The lowest BCUT2D eigenvalue weighted by molar-refractivity contribution is 0.256. The Kier molecular flexibility index (Phi) is 5.90. The molecular formula is C21H28FN5O. The molecule has 1 aromatic carbocycles. The van der Waals surface area contributed by atoms with Gasteiger partial charge in [0.05, 0.1) is 11.4 Å². The number of fused-ring (bicyclic) bond motifs is 1. The third-order valence-electron chi connectivity index (χ3n) is 5.70. The van der Waals surface area contributed by atoms with Gasteiger partial charge in [-0.15, -0.1) is 0 Å². The van der Waals surface area contributed by atoms with Crippen molar-refractivity contribution in [2.45, 2.75) is 32.1 Å². The van der Waals surface area contributed by atoms with Crippen LogP contribution in [0.25, 0.3) is 0 Å². The van der Waals surface area contributed by atoms with Crippen molar-refractivity contribution in [2.24, 2.45) is 0 Å². The van der Waals surface area contributed by atoms with Crippen molar-refractivity contribution in [1.82, 2.24) is 14.9 Å². The Balaban J connectivity index is 1.21. The summed E-state index contributed by atoms with van der Waals surface area (Å²) in [5.74, 6) is 0.446. The number of H-pyrrole nitrogens is 1. The smallest absolute Gasteiger partial charge is 0.255 e. The summed E-state index contributed by atoms with van der Waals surface area (Å²) in [6.07, 6.45) is 4.91. The molecule has 150 valence electrons. The number of piperazine rings is 1. The van der Waals surface area contributed by atoms with Crippen LogP contribution in [-0.2, 0) is 12.8 Å². The van der Waals surface area contributed by atoms with Gasteiger partial charge >= 0.3 is 0 Å². The number of aromatic amines is 1. The summed E-state index contributed by atoms with van der Waals surface area (Å²) in [6.45, 7) is 5.30. The van der Waals surface area contributed by atoms with E-state index >= 15 is 0 Å². The average Bonchev–Trinajstić information content (AvgIpc) is 2.72. The van der Waals surface area contributed by atoms with Gasteiger partial charge in [-0.2, -0.15) is 0 Å². The van der Waals surface area contributed by atoms with E-state index < -0.39 is 0 Å². The summed E-state index contributed by atoms with van der Waals surface area (Å²) < 4.78 is 13.9. The number of rotatable bonds is 6. The number of aryl methyl sites for hydroxylation is 1. The van der Waals surface area contributed by atoms with Gasteiger partial charge in [-0.05, 0) is 50.8 Å². The van der Waals surface area contributed by atoms with E-state index in [0.717, 1.165) is 82.6 Å². The number of aromatic nitrogens is 2. The second-order valence-electron chi connectivity index (χ2n) is 7.61. The third-order valence-corrected chi connectivity index (χ3v) is 5.70. The first-order chi connectivity index (χ1) is 13.7. The van der Waals surface area contributed by atoms with E-state index in [2.05, 4.69) is 25.1 Å². The molecular weight excluding hydrogens is 357 g/mol. The molecule has 7 heteroatoms. The van der Waals surface area contributed by atoms with Crippen molar-refractivity contribution in [3.05, 3.63) is 51.7 Å². The van der Waals surface area contributed by atoms with Crippen molar-refractivity contribution >= 4 is 11.6 Å². The summed E-state index contributed by atoms with van der Waals surface area (Å²) >= 11 is 0. The minimum Gasteiger partial charge on any atom is -0.367 e. The Morgan fingerprint density at radius 1 is 1.11 bits per heavy atom. The van der Waals surface area contributed by atoms with Crippen LogP contribution in [0, 0.1) is 5.82 Å². The van der Waals surface area contributed by atoms with Crippen LogP contribution in [0.1, 0.15) is 30.5 Å². The summed E-state index contributed by atoms with van der Waals surface area (Å²) in [5, 5.41) is 3.26. The van der Waals surface area contributed by atoms with Gasteiger partial charge in [-0.25, -0.2) is 9.37 Å². The van der Waals surface area contributed by atoms with Crippen LogP contribution in [0.15, 0.2) is 29.1 Å². The van der Waals surface area contributed by atoms with Crippen molar-refractivity contribution in [1.29, 1.82) is 0 Å². The van der Waals surface area contributed by atoms with E-state index in [1.807, 2.05) is 12.1 Å². The fraction of sp³-hybridized carbons (Fsp3) is 0.524. The molecule has 1 aliphatic heterocycles. The fourth-order valence-electron chi connectivity index (χ4n) is 4.12. The molecule has 0 saturated carbocycles. The average molecular weight is 385 g/mol. The second kappa shape index (κ2) is 8.73. The van der Waals surface area contributed by atoms with Crippen LogP contribution in [0.3, 0.4) is 0 Å². The van der Waals surface area contributed by atoms with E-state index in [-0.39, 0.29) is 11.4 Å². The molecule has 0 radical (unpaired) electrons. The van der Waals surface area contributed by atoms with Gasteiger partial charge in [0.25, 0.3) is 5.56 Å². The SMILES string of the molecule is O=c1[nH]c(NCCCN2CCN(c3ccccc3F)CC2)nc2c1CCCC2. The summed E-state index contributed by atoms with van der Waals surface area (Å²) in [6, 6.07) is 6.98. The molecule has 0 amide bonds. The minimum absolute atomic E-state index is 0.0106. The summed E-state index contributed by atoms with van der Waals surface area (Å²) in [7, 11) is 0. The standard InChI is InChI=1S/C21H28FN5O/c22-17-7-2-4-9-19(17)27-14-12-26(13-15-27)11-5-10-23-21-24-18-8-3-1-6-16(18)20(28)25-21/h2,4,7,9H,1,3,5-6,8,10-15H2,(H2,23,24,25,28). The molecule has 2 aromatic rings. The Hall–Kier alpha value is -2.41. The predicted octanol–water partition coefficient (Wildman–Crippen LogP) is 2.41. The molecule has 1 saturated heterocycles. The number of halogens is 1. The molecule has 0 spiro atoms. The lowest BCUT2D eigenvalue weighted by Gasteiger charge is -2.36. The first-order valence-corrected chi connectivity index (χ1v) is 10.3. The topological polar surface area (TPSA) is 64.3 Å². The van der Waals surface area contributed by atoms with Crippen LogP contribution >= 0.6 is 0 Å².